The molecule has 1 N–H and O–H groups in total. The van der Waals surface area contributed by atoms with E-state index in [1.807, 2.05) is 30.9 Å². The third-order valence-electron chi connectivity index (χ3n) is 2.79. The number of alkyl halides is 3. The number of hydrogen-bond donors (Lipinski definition) is 1. The van der Waals surface area contributed by atoms with Crippen molar-refractivity contribution in [2.75, 3.05) is 16.8 Å². The minimum atomic E-state index is -4.63. The zero-order valence-electron chi connectivity index (χ0n) is 10.2. The van der Waals surface area contributed by atoms with Gasteiger partial charge in [-0.25, -0.2) is 0 Å². The van der Waals surface area contributed by atoms with Crippen LogP contribution in [0.3, 0.4) is 0 Å². The summed E-state index contributed by atoms with van der Waals surface area (Å²) in [5.74, 6) is 0. The molecule has 0 saturated carbocycles. The summed E-state index contributed by atoms with van der Waals surface area (Å²) in [4.78, 5) is 1.89. The lowest BCUT2D eigenvalue weighted by Gasteiger charge is -2.39. The Morgan fingerprint density at radius 2 is 2.00 bits per heavy atom. The van der Waals surface area contributed by atoms with Crippen LogP contribution in [0, 0.1) is 0 Å². The average molecular weight is 260 g/mol. The topological polar surface area (TPSA) is 24.5 Å². The molecule has 2 rings (SSSR count). The van der Waals surface area contributed by atoms with Crippen molar-refractivity contribution < 1.29 is 17.9 Å². The summed E-state index contributed by atoms with van der Waals surface area (Å²) in [5, 5.41) is 2.75. The molecule has 0 aromatic heterocycles. The highest BCUT2D eigenvalue weighted by Gasteiger charge is 2.36. The van der Waals surface area contributed by atoms with Crippen LogP contribution in [0.1, 0.15) is 13.8 Å². The van der Waals surface area contributed by atoms with Crippen molar-refractivity contribution >= 4 is 11.4 Å². The van der Waals surface area contributed by atoms with Crippen molar-refractivity contribution in [3.63, 3.8) is 0 Å². The van der Waals surface area contributed by atoms with E-state index in [2.05, 4.69) is 10.1 Å². The van der Waals surface area contributed by atoms with E-state index in [-0.39, 0.29) is 12.6 Å². The lowest BCUT2D eigenvalue weighted by molar-refractivity contribution is -0.337. The summed E-state index contributed by atoms with van der Waals surface area (Å²) in [6.45, 7) is 4.04. The van der Waals surface area contributed by atoms with Crippen molar-refractivity contribution in [3.05, 3.63) is 24.3 Å². The predicted molar refractivity (Wildman–Crippen MR) is 63.5 cm³/mol. The van der Waals surface area contributed by atoms with E-state index in [0.29, 0.717) is 5.69 Å². The Morgan fingerprint density at radius 3 is 2.61 bits per heavy atom. The Labute approximate surface area is 104 Å². The molecule has 0 aliphatic carbocycles. The first-order valence-corrected chi connectivity index (χ1v) is 5.73. The Bertz CT molecular complexity index is 420. The number of ether oxygens (including phenoxy) is 1. The highest BCUT2D eigenvalue weighted by atomic mass is 19.4. The number of fused-ring (bicyclic) bond motifs is 1. The second kappa shape index (κ2) is 4.68. The molecule has 1 unspecified atom stereocenters. The normalized spacial score (nSPS) is 19.7. The summed E-state index contributed by atoms with van der Waals surface area (Å²) in [6, 6.07) is 7.37. The van der Waals surface area contributed by atoms with Gasteiger partial charge in [-0.3, -0.25) is 4.74 Å². The molecular formula is C12H15F3N2O. The first kappa shape index (κ1) is 13.0. The number of nitrogens with one attached hydrogen (secondary N) is 1. The fourth-order valence-electron chi connectivity index (χ4n) is 2.06. The lowest BCUT2D eigenvalue weighted by atomic mass is 10.1. The van der Waals surface area contributed by atoms with Crippen molar-refractivity contribution in [3.8, 4) is 0 Å². The Morgan fingerprint density at radius 1 is 1.33 bits per heavy atom. The molecule has 1 aromatic rings. The molecule has 1 atom stereocenters. The molecule has 100 valence electrons. The lowest BCUT2D eigenvalue weighted by Crippen LogP contribution is -2.47. The number of hydrogen-bond acceptors (Lipinski definition) is 3. The Balaban J connectivity index is 2.23. The monoisotopic (exact) mass is 260 g/mol. The summed E-state index contributed by atoms with van der Waals surface area (Å²) in [6.07, 6.45) is -5.71. The van der Waals surface area contributed by atoms with Crippen molar-refractivity contribution in [2.24, 2.45) is 0 Å². The second-order valence-electron chi connectivity index (χ2n) is 4.46. The maximum absolute atomic E-state index is 12.3. The van der Waals surface area contributed by atoms with Crippen LogP contribution in [0.15, 0.2) is 24.3 Å². The van der Waals surface area contributed by atoms with Gasteiger partial charge in [0.05, 0.1) is 17.9 Å². The minimum absolute atomic E-state index is 0.104. The number of rotatable bonds is 2. The molecule has 0 spiro atoms. The molecule has 0 fully saturated rings. The third-order valence-corrected chi connectivity index (χ3v) is 2.79. The van der Waals surface area contributed by atoms with Gasteiger partial charge < -0.3 is 10.2 Å². The highest BCUT2D eigenvalue weighted by Crippen LogP contribution is 2.33. The van der Waals surface area contributed by atoms with Gasteiger partial charge in [0.25, 0.3) is 0 Å². The largest absolute Gasteiger partial charge is 0.524 e. The van der Waals surface area contributed by atoms with Gasteiger partial charge >= 0.3 is 6.36 Å². The molecule has 3 nitrogen and oxygen atoms in total. The third kappa shape index (κ3) is 2.87. The van der Waals surface area contributed by atoms with Crippen LogP contribution < -0.4 is 10.2 Å². The number of benzene rings is 1. The van der Waals surface area contributed by atoms with Crippen LogP contribution >= 0.6 is 0 Å². The Kier molecular flexibility index (Phi) is 3.38. The fraction of sp³-hybridized carbons (Fsp3) is 0.500. The van der Waals surface area contributed by atoms with Gasteiger partial charge in [0.2, 0.25) is 0 Å². The van der Waals surface area contributed by atoms with Gasteiger partial charge in [-0.2, -0.15) is 0 Å². The predicted octanol–water partition coefficient (Wildman–Crippen LogP) is 3.19. The van der Waals surface area contributed by atoms with E-state index in [1.54, 1.807) is 12.1 Å². The van der Waals surface area contributed by atoms with Crippen LogP contribution in [0.25, 0.3) is 0 Å². The zero-order chi connectivity index (χ0) is 13.3. The number of nitrogens with zero attached hydrogens (tertiary/aromatic N) is 1. The molecule has 1 aliphatic rings. The van der Waals surface area contributed by atoms with Gasteiger partial charge in [-0.05, 0) is 26.0 Å². The van der Waals surface area contributed by atoms with E-state index in [0.717, 1.165) is 5.69 Å². The molecule has 1 aromatic carbocycles. The highest BCUT2D eigenvalue weighted by molar-refractivity contribution is 5.72. The van der Waals surface area contributed by atoms with Gasteiger partial charge in [-0.15, -0.1) is 13.2 Å². The molecule has 18 heavy (non-hydrogen) atoms. The van der Waals surface area contributed by atoms with E-state index in [4.69, 9.17) is 0 Å². The van der Waals surface area contributed by atoms with Crippen molar-refractivity contribution in [2.45, 2.75) is 32.5 Å². The smallest absolute Gasteiger partial charge is 0.363 e. The van der Waals surface area contributed by atoms with E-state index < -0.39 is 12.6 Å². The van der Waals surface area contributed by atoms with Gasteiger partial charge in [0.1, 0.15) is 0 Å². The first-order chi connectivity index (χ1) is 8.37. The van der Waals surface area contributed by atoms with Gasteiger partial charge in [0, 0.05) is 6.04 Å². The van der Waals surface area contributed by atoms with Crippen molar-refractivity contribution in [1.82, 2.24) is 0 Å². The van der Waals surface area contributed by atoms with Crippen LogP contribution in [0.5, 0.6) is 0 Å². The molecular weight excluding hydrogens is 245 g/mol. The second-order valence-corrected chi connectivity index (χ2v) is 4.46. The quantitative estimate of drug-likeness (QED) is 0.883. The standard InChI is InChI=1S/C12H15F3N2O/c1-8(2)17-7-11(18-12(13,14)15)16-9-5-3-4-6-10(9)17/h3-6,8,11,16H,7H2,1-2H3. The molecule has 0 saturated heterocycles. The summed E-state index contributed by atoms with van der Waals surface area (Å²) in [5.41, 5.74) is 1.56. The minimum Gasteiger partial charge on any atom is -0.363 e. The number of anilines is 2. The van der Waals surface area contributed by atoms with Crippen LogP contribution in [0.2, 0.25) is 0 Å². The molecule has 1 aliphatic heterocycles. The SMILES string of the molecule is CC(C)N1CC(OC(F)(F)F)Nc2ccccc21. The number of para-hydroxylation sites is 2. The number of halogens is 3. The van der Waals surface area contributed by atoms with Crippen LogP contribution in [-0.2, 0) is 4.74 Å². The summed E-state index contributed by atoms with van der Waals surface area (Å²) < 4.78 is 40.9. The molecule has 0 bridgehead atoms. The zero-order valence-corrected chi connectivity index (χ0v) is 10.2. The first-order valence-electron chi connectivity index (χ1n) is 5.73. The molecule has 0 amide bonds. The maximum Gasteiger partial charge on any atom is 0.524 e. The maximum atomic E-state index is 12.3. The van der Waals surface area contributed by atoms with Crippen molar-refractivity contribution in [1.29, 1.82) is 0 Å². The van der Waals surface area contributed by atoms with E-state index in [1.165, 1.54) is 0 Å². The van der Waals surface area contributed by atoms with E-state index in [9.17, 15) is 13.2 Å². The van der Waals surface area contributed by atoms with Gasteiger partial charge in [-0.1, -0.05) is 12.1 Å². The summed E-state index contributed by atoms with van der Waals surface area (Å²) >= 11 is 0. The van der Waals surface area contributed by atoms with Gasteiger partial charge in [0.15, 0.2) is 6.23 Å². The van der Waals surface area contributed by atoms with Crippen LogP contribution in [0.4, 0.5) is 24.5 Å². The van der Waals surface area contributed by atoms with E-state index >= 15 is 0 Å². The molecule has 6 heteroatoms. The Hall–Kier alpha value is -1.43. The summed E-state index contributed by atoms with van der Waals surface area (Å²) in [7, 11) is 0. The molecule has 1 heterocycles. The van der Waals surface area contributed by atoms with Crippen LogP contribution in [-0.4, -0.2) is 25.2 Å². The average Bonchev–Trinajstić information content (AvgIpc) is 2.25. The fourth-order valence-corrected chi connectivity index (χ4v) is 2.06. The molecule has 0 radical (unpaired) electrons.